The van der Waals surface area contributed by atoms with E-state index in [9.17, 15) is 9.59 Å². The van der Waals surface area contributed by atoms with Crippen LogP contribution in [0, 0.1) is 5.92 Å². The Morgan fingerprint density at radius 3 is 2.12 bits per heavy atom. The lowest BCUT2D eigenvalue weighted by Gasteiger charge is -2.32. The second-order valence-corrected chi connectivity index (χ2v) is 8.96. The Kier molecular flexibility index (Phi) is 7.12. The third-order valence-corrected chi connectivity index (χ3v) is 6.33. The molecule has 5 nitrogen and oxygen atoms in total. The van der Waals surface area contributed by atoms with E-state index in [0.29, 0.717) is 6.54 Å². The number of hydrogen-bond donors (Lipinski definition) is 1. The van der Waals surface area contributed by atoms with Crippen molar-refractivity contribution in [1.82, 2.24) is 0 Å². The van der Waals surface area contributed by atoms with Gasteiger partial charge < -0.3 is 14.9 Å². The minimum absolute atomic E-state index is 0.0627. The first-order valence-electron chi connectivity index (χ1n) is 11.6. The molecular weight excluding hydrogens is 424 g/mol. The normalized spacial score (nSPS) is 13.5. The summed E-state index contributed by atoms with van der Waals surface area (Å²) < 4.78 is 0. The van der Waals surface area contributed by atoms with Gasteiger partial charge in [0.25, 0.3) is 0 Å². The van der Waals surface area contributed by atoms with Crippen molar-refractivity contribution >= 4 is 29.3 Å². The van der Waals surface area contributed by atoms with Crippen LogP contribution in [0.15, 0.2) is 78.9 Å². The fourth-order valence-electron chi connectivity index (χ4n) is 4.07. The van der Waals surface area contributed by atoms with Crippen molar-refractivity contribution in [2.24, 2.45) is 5.92 Å². The lowest BCUT2D eigenvalue weighted by molar-refractivity contribution is -0.131. The van der Waals surface area contributed by atoms with Gasteiger partial charge in [-0.25, -0.2) is 4.79 Å². The van der Waals surface area contributed by atoms with Crippen LogP contribution in [0.2, 0.25) is 0 Å². The molecule has 174 valence electrons. The molecule has 0 atom stereocenters. The lowest BCUT2D eigenvalue weighted by atomic mass is 9.84. The summed E-state index contributed by atoms with van der Waals surface area (Å²) in [4.78, 5) is 28.1. The molecule has 0 unspecified atom stereocenters. The number of carbonyl (C=O) groups is 2. The number of carboxylic acid groups (broad SMARTS) is 1. The van der Waals surface area contributed by atoms with Crippen LogP contribution in [-0.4, -0.2) is 31.1 Å². The number of amides is 1. The molecule has 0 aliphatic heterocycles. The van der Waals surface area contributed by atoms with Crippen LogP contribution in [0.5, 0.6) is 0 Å². The molecule has 1 N–H and O–H groups in total. The fourth-order valence-corrected chi connectivity index (χ4v) is 4.07. The molecule has 5 heteroatoms. The van der Waals surface area contributed by atoms with Crippen LogP contribution >= 0.6 is 0 Å². The molecule has 0 spiro atoms. The van der Waals surface area contributed by atoms with Crippen LogP contribution in [0.4, 0.5) is 11.4 Å². The molecule has 0 aromatic heterocycles. The molecule has 0 heterocycles. The van der Waals surface area contributed by atoms with E-state index in [-0.39, 0.29) is 11.8 Å². The van der Waals surface area contributed by atoms with E-state index in [1.807, 2.05) is 43.3 Å². The van der Waals surface area contributed by atoms with Crippen molar-refractivity contribution in [3.8, 4) is 11.1 Å². The molecular formula is C29H30N2O3. The molecule has 1 fully saturated rings. The van der Waals surface area contributed by atoms with Crippen molar-refractivity contribution in [2.75, 3.05) is 23.9 Å². The van der Waals surface area contributed by atoms with Gasteiger partial charge in [-0.1, -0.05) is 55.0 Å². The van der Waals surface area contributed by atoms with Gasteiger partial charge >= 0.3 is 5.97 Å². The average Bonchev–Trinajstić information content (AvgIpc) is 2.80. The first-order valence-corrected chi connectivity index (χ1v) is 11.6. The third-order valence-electron chi connectivity index (χ3n) is 6.33. The molecule has 1 aliphatic rings. The Bertz CT molecular complexity index is 1180. The minimum atomic E-state index is -0.996. The van der Waals surface area contributed by atoms with Crippen molar-refractivity contribution in [3.63, 3.8) is 0 Å². The first-order chi connectivity index (χ1) is 16.4. The minimum Gasteiger partial charge on any atom is -0.478 e. The molecule has 1 amide bonds. The molecule has 3 aromatic carbocycles. The molecule has 0 radical (unpaired) electrons. The number of anilines is 2. The average molecular weight is 455 g/mol. The Labute approximate surface area is 201 Å². The zero-order valence-corrected chi connectivity index (χ0v) is 19.6. The smallest absolute Gasteiger partial charge is 0.328 e. The summed E-state index contributed by atoms with van der Waals surface area (Å²) in [7, 11) is 4.05. The van der Waals surface area contributed by atoms with Crippen molar-refractivity contribution < 1.29 is 14.7 Å². The summed E-state index contributed by atoms with van der Waals surface area (Å²) in [6, 6.07) is 24.3. The fraction of sp³-hybridized carbons (Fsp3) is 0.241. The van der Waals surface area contributed by atoms with E-state index < -0.39 is 5.97 Å². The largest absolute Gasteiger partial charge is 0.478 e. The van der Waals surface area contributed by atoms with Crippen molar-refractivity contribution in [1.29, 1.82) is 0 Å². The summed E-state index contributed by atoms with van der Waals surface area (Å²) in [5, 5.41) is 8.94. The zero-order chi connectivity index (χ0) is 24.1. The Balaban J connectivity index is 1.56. The zero-order valence-electron chi connectivity index (χ0n) is 19.6. The van der Waals surface area contributed by atoms with E-state index in [4.69, 9.17) is 5.11 Å². The highest BCUT2D eigenvalue weighted by molar-refractivity contribution is 5.96. The van der Waals surface area contributed by atoms with Crippen LogP contribution in [0.1, 0.15) is 30.4 Å². The molecule has 0 bridgehead atoms. The van der Waals surface area contributed by atoms with Gasteiger partial charge in [0.1, 0.15) is 0 Å². The predicted octanol–water partition coefficient (Wildman–Crippen LogP) is 5.85. The van der Waals surface area contributed by atoms with Crippen molar-refractivity contribution in [2.45, 2.75) is 25.8 Å². The molecule has 1 saturated carbocycles. The van der Waals surface area contributed by atoms with E-state index in [0.717, 1.165) is 59.0 Å². The number of carboxylic acids is 1. The quantitative estimate of drug-likeness (QED) is 0.434. The number of hydrogen-bond acceptors (Lipinski definition) is 3. The SMILES string of the molecule is CN(C)c1ccc(-c2ccc(CN(C(=O)C3CCC3)c3cccc(C=CC(=O)O)c3)cc2)cc1. The van der Waals surface area contributed by atoms with E-state index >= 15 is 0 Å². The summed E-state index contributed by atoms with van der Waals surface area (Å²) in [5.74, 6) is -0.800. The number of benzene rings is 3. The van der Waals surface area contributed by atoms with Crippen LogP contribution < -0.4 is 9.80 Å². The van der Waals surface area contributed by atoms with Crippen LogP contribution in [-0.2, 0) is 16.1 Å². The number of rotatable bonds is 8. The van der Waals surface area contributed by atoms with E-state index in [1.165, 1.54) is 0 Å². The van der Waals surface area contributed by atoms with Gasteiger partial charge in [-0.2, -0.15) is 0 Å². The van der Waals surface area contributed by atoms with E-state index in [2.05, 4.69) is 53.4 Å². The molecule has 0 saturated heterocycles. The maximum absolute atomic E-state index is 13.3. The van der Waals surface area contributed by atoms with E-state index in [1.54, 1.807) is 6.08 Å². The van der Waals surface area contributed by atoms with Crippen molar-refractivity contribution in [3.05, 3.63) is 90.0 Å². The summed E-state index contributed by atoms with van der Waals surface area (Å²) in [5.41, 5.74) is 6.03. The Hall–Kier alpha value is -3.86. The Morgan fingerprint density at radius 2 is 1.56 bits per heavy atom. The monoisotopic (exact) mass is 454 g/mol. The summed E-state index contributed by atoms with van der Waals surface area (Å²) in [6.07, 6.45) is 5.60. The first kappa shape index (κ1) is 23.3. The van der Waals surface area contributed by atoms with Gasteiger partial charge in [-0.15, -0.1) is 0 Å². The maximum Gasteiger partial charge on any atom is 0.328 e. The lowest BCUT2D eigenvalue weighted by Crippen LogP contribution is -2.38. The molecule has 34 heavy (non-hydrogen) atoms. The van der Waals surface area contributed by atoms with Gasteiger partial charge in [-0.3, -0.25) is 4.79 Å². The second-order valence-electron chi connectivity index (χ2n) is 8.96. The second kappa shape index (κ2) is 10.4. The molecule has 4 rings (SSSR count). The highest BCUT2D eigenvalue weighted by Gasteiger charge is 2.30. The van der Waals surface area contributed by atoms with Gasteiger partial charge in [0, 0.05) is 37.5 Å². The third kappa shape index (κ3) is 5.54. The topological polar surface area (TPSA) is 60.9 Å². The number of carbonyl (C=O) groups excluding carboxylic acids is 1. The number of aliphatic carboxylic acids is 1. The standard InChI is InChI=1S/C29H30N2O3/c1-30(2)26-16-14-24(15-17-26)23-12-9-22(10-13-23)20-31(29(34)25-6-4-7-25)27-8-3-5-21(19-27)11-18-28(32)33/h3,5,8-19,25H,4,6-7,20H2,1-2H3,(H,32,33). The van der Waals surface area contributed by atoms with Crippen LogP contribution in [0.25, 0.3) is 17.2 Å². The molecule has 1 aliphatic carbocycles. The maximum atomic E-state index is 13.3. The highest BCUT2D eigenvalue weighted by Crippen LogP contribution is 2.32. The summed E-state index contributed by atoms with van der Waals surface area (Å²) >= 11 is 0. The highest BCUT2D eigenvalue weighted by atomic mass is 16.4. The van der Waals surface area contributed by atoms with Gasteiger partial charge in [-0.05, 0) is 65.4 Å². The van der Waals surface area contributed by atoms with Crippen LogP contribution in [0.3, 0.4) is 0 Å². The summed E-state index contributed by atoms with van der Waals surface area (Å²) in [6.45, 7) is 0.473. The van der Waals surface area contributed by atoms with Gasteiger partial charge in [0.05, 0.1) is 6.54 Å². The number of nitrogens with zero attached hydrogens (tertiary/aromatic N) is 2. The van der Waals surface area contributed by atoms with Gasteiger partial charge in [0.2, 0.25) is 5.91 Å². The Morgan fingerprint density at radius 1 is 0.912 bits per heavy atom. The molecule has 3 aromatic rings. The predicted molar refractivity (Wildman–Crippen MR) is 138 cm³/mol. The van der Waals surface area contributed by atoms with Gasteiger partial charge in [0.15, 0.2) is 0 Å².